The van der Waals surface area contributed by atoms with E-state index in [0.29, 0.717) is 13.0 Å². The fourth-order valence-electron chi connectivity index (χ4n) is 2.14. The van der Waals surface area contributed by atoms with Crippen molar-refractivity contribution in [2.45, 2.75) is 32.2 Å². The van der Waals surface area contributed by atoms with Crippen LogP contribution >= 0.6 is 0 Å². The standard InChI is InChI=1S/C13H18N2O3/c1-10(4-5-11-3-2-8-18-11)15-7-6-12(16)14-9-13(15)17/h2-3,8,10H,4-7,9H2,1H3,(H,14,16). The maximum absolute atomic E-state index is 11.9. The average molecular weight is 250 g/mol. The van der Waals surface area contributed by atoms with Crippen LogP contribution in [0.15, 0.2) is 22.8 Å². The second-order valence-corrected chi connectivity index (χ2v) is 4.58. The molecule has 1 fully saturated rings. The molecule has 2 amide bonds. The Bertz CT molecular complexity index is 414. The number of hydrogen-bond acceptors (Lipinski definition) is 3. The van der Waals surface area contributed by atoms with Gasteiger partial charge in [0.15, 0.2) is 0 Å². The molecule has 1 unspecified atom stereocenters. The van der Waals surface area contributed by atoms with E-state index in [-0.39, 0.29) is 24.4 Å². The van der Waals surface area contributed by atoms with E-state index in [2.05, 4.69) is 5.32 Å². The molecule has 1 aliphatic heterocycles. The van der Waals surface area contributed by atoms with Gasteiger partial charge < -0.3 is 14.6 Å². The van der Waals surface area contributed by atoms with E-state index in [4.69, 9.17) is 4.42 Å². The lowest BCUT2D eigenvalue weighted by Gasteiger charge is -2.27. The van der Waals surface area contributed by atoms with Crippen molar-refractivity contribution in [3.05, 3.63) is 24.2 Å². The van der Waals surface area contributed by atoms with Crippen molar-refractivity contribution in [2.75, 3.05) is 13.1 Å². The Hall–Kier alpha value is -1.78. The van der Waals surface area contributed by atoms with Gasteiger partial charge in [-0.15, -0.1) is 0 Å². The van der Waals surface area contributed by atoms with E-state index in [1.165, 1.54) is 0 Å². The molecular formula is C13H18N2O3. The summed E-state index contributed by atoms with van der Waals surface area (Å²) in [6.07, 6.45) is 3.68. The summed E-state index contributed by atoms with van der Waals surface area (Å²) in [5.41, 5.74) is 0. The van der Waals surface area contributed by atoms with E-state index in [0.717, 1.165) is 18.6 Å². The van der Waals surface area contributed by atoms with Gasteiger partial charge in [0.2, 0.25) is 11.8 Å². The van der Waals surface area contributed by atoms with Gasteiger partial charge in [-0.05, 0) is 25.5 Å². The monoisotopic (exact) mass is 250 g/mol. The summed E-state index contributed by atoms with van der Waals surface area (Å²) < 4.78 is 5.27. The highest BCUT2D eigenvalue weighted by Gasteiger charge is 2.24. The molecule has 0 aromatic carbocycles. The molecule has 18 heavy (non-hydrogen) atoms. The molecule has 2 heterocycles. The Morgan fingerprint density at radius 1 is 1.50 bits per heavy atom. The molecule has 0 spiro atoms. The number of hydrogen-bond donors (Lipinski definition) is 1. The Morgan fingerprint density at radius 3 is 3.06 bits per heavy atom. The van der Waals surface area contributed by atoms with Crippen LogP contribution < -0.4 is 5.32 Å². The smallest absolute Gasteiger partial charge is 0.242 e. The van der Waals surface area contributed by atoms with Crippen molar-refractivity contribution < 1.29 is 14.0 Å². The first-order valence-electron chi connectivity index (χ1n) is 6.25. The summed E-state index contributed by atoms with van der Waals surface area (Å²) >= 11 is 0. The van der Waals surface area contributed by atoms with Gasteiger partial charge >= 0.3 is 0 Å². The third-order valence-corrected chi connectivity index (χ3v) is 3.26. The topological polar surface area (TPSA) is 62.6 Å². The Labute approximate surface area is 106 Å². The van der Waals surface area contributed by atoms with Crippen LogP contribution in [0.5, 0.6) is 0 Å². The highest BCUT2D eigenvalue weighted by atomic mass is 16.3. The zero-order valence-corrected chi connectivity index (χ0v) is 10.5. The summed E-state index contributed by atoms with van der Waals surface area (Å²) in [5, 5.41) is 2.60. The van der Waals surface area contributed by atoms with Crippen molar-refractivity contribution in [2.24, 2.45) is 0 Å². The van der Waals surface area contributed by atoms with Crippen LogP contribution in [0.2, 0.25) is 0 Å². The molecule has 5 heteroatoms. The number of carbonyl (C=O) groups excluding carboxylic acids is 2. The summed E-state index contributed by atoms with van der Waals surface area (Å²) in [7, 11) is 0. The van der Waals surface area contributed by atoms with Gasteiger partial charge in [0.1, 0.15) is 5.76 Å². The first-order chi connectivity index (χ1) is 8.66. The number of amides is 2. The van der Waals surface area contributed by atoms with E-state index >= 15 is 0 Å². The van der Waals surface area contributed by atoms with Gasteiger partial charge in [0, 0.05) is 25.4 Å². The van der Waals surface area contributed by atoms with Crippen LogP contribution in [0.4, 0.5) is 0 Å². The molecule has 2 rings (SSSR count). The SMILES string of the molecule is CC(CCc1ccco1)N1CCC(=O)NCC1=O. The van der Waals surface area contributed by atoms with Crippen molar-refractivity contribution >= 4 is 11.8 Å². The Morgan fingerprint density at radius 2 is 2.33 bits per heavy atom. The van der Waals surface area contributed by atoms with Crippen LogP contribution in [-0.4, -0.2) is 35.8 Å². The minimum atomic E-state index is -0.0518. The van der Waals surface area contributed by atoms with Gasteiger partial charge in [0.25, 0.3) is 0 Å². The Kier molecular flexibility index (Phi) is 4.02. The van der Waals surface area contributed by atoms with Crippen molar-refractivity contribution in [1.82, 2.24) is 10.2 Å². The summed E-state index contributed by atoms with van der Waals surface area (Å²) in [6, 6.07) is 3.91. The predicted molar refractivity (Wildman–Crippen MR) is 65.8 cm³/mol. The normalized spacial score (nSPS) is 18.4. The van der Waals surface area contributed by atoms with Gasteiger partial charge in [0.05, 0.1) is 12.8 Å². The largest absolute Gasteiger partial charge is 0.469 e. The van der Waals surface area contributed by atoms with E-state index in [9.17, 15) is 9.59 Å². The van der Waals surface area contributed by atoms with Crippen LogP contribution in [0, 0.1) is 0 Å². The van der Waals surface area contributed by atoms with Gasteiger partial charge in [-0.1, -0.05) is 0 Å². The highest BCUT2D eigenvalue weighted by molar-refractivity contribution is 5.87. The number of furan rings is 1. The molecule has 1 aromatic heterocycles. The average Bonchev–Trinajstić information content (AvgIpc) is 2.81. The molecule has 5 nitrogen and oxygen atoms in total. The number of nitrogens with zero attached hydrogens (tertiary/aromatic N) is 1. The molecule has 98 valence electrons. The van der Waals surface area contributed by atoms with Crippen LogP contribution in [0.25, 0.3) is 0 Å². The maximum Gasteiger partial charge on any atom is 0.242 e. The number of rotatable bonds is 4. The summed E-state index contributed by atoms with van der Waals surface area (Å²) in [5.74, 6) is 0.871. The summed E-state index contributed by atoms with van der Waals surface area (Å²) in [6.45, 7) is 2.63. The van der Waals surface area contributed by atoms with Gasteiger partial charge in [-0.25, -0.2) is 0 Å². The molecule has 1 aliphatic rings. The van der Waals surface area contributed by atoms with E-state index in [1.807, 2.05) is 19.1 Å². The third kappa shape index (κ3) is 3.12. The minimum absolute atomic E-state index is 0.00667. The van der Waals surface area contributed by atoms with Crippen molar-refractivity contribution in [3.8, 4) is 0 Å². The van der Waals surface area contributed by atoms with Gasteiger partial charge in [-0.2, -0.15) is 0 Å². The third-order valence-electron chi connectivity index (χ3n) is 3.26. The van der Waals surface area contributed by atoms with Crippen molar-refractivity contribution in [3.63, 3.8) is 0 Å². The Balaban J connectivity index is 1.88. The van der Waals surface area contributed by atoms with E-state index in [1.54, 1.807) is 11.2 Å². The molecule has 0 aliphatic carbocycles. The van der Waals surface area contributed by atoms with E-state index < -0.39 is 0 Å². The highest BCUT2D eigenvalue weighted by Crippen LogP contribution is 2.12. The lowest BCUT2D eigenvalue weighted by Crippen LogP contribution is -2.41. The quantitative estimate of drug-likeness (QED) is 0.865. The molecule has 1 atom stereocenters. The molecular weight excluding hydrogens is 232 g/mol. The lowest BCUT2D eigenvalue weighted by molar-refractivity contribution is -0.131. The molecule has 1 aromatic rings. The van der Waals surface area contributed by atoms with Crippen LogP contribution in [0.1, 0.15) is 25.5 Å². The number of carbonyl (C=O) groups is 2. The first kappa shape index (κ1) is 12.7. The zero-order chi connectivity index (χ0) is 13.0. The molecule has 0 bridgehead atoms. The van der Waals surface area contributed by atoms with Gasteiger partial charge in [-0.3, -0.25) is 9.59 Å². The number of nitrogens with one attached hydrogen (secondary N) is 1. The fraction of sp³-hybridized carbons (Fsp3) is 0.538. The maximum atomic E-state index is 11.9. The molecule has 1 saturated heterocycles. The fourth-order valence-corrected chi connectivity index (χ4v) is 2.14. The first-order valence-corrected chi connectivity index (χ1v) is 6.25. The van der Waals surface area contributed by atoms with Crippen LogP contribution in [-0.2, 0) is 16.0 Å². The lowest BCUT2D eigenvalue weighted by atomic mass is 10.1. The molecule has 0 radical (unpaired) electrons. The molecule has 1 N–H and O–H groups in total. The minimum Gasteiger partial charge on any atom is -0.469 e. The number of aryl methyl sites for hydroxylation is 1. The van der Waals surface area contributed by atoms with Crippen LogP contribution in [0.3, 0.4) is 0 Å². The summed E-state index contributed by atoms with van der Waals surface area (Å²) in [4.78, 5) is 24.9. The van der Waals surface area contributed by atoms with Crippen molar-refractivity contribution in [1.29, 1.82) is 0 Å². The zero-order valence-electron chi connectivity index (χ0n) is 10.5. The second-order valence-electron chi connectivity index (χ2n) is 4.58. The molecule has 0 saturated carbocycles. The second kappa shape index (κ2) is 5.71. The predicted octanol–water partition coefficient (Wildman–Crippen LogP) is 0.949.